The maximum absolute atomic E-state index is 12.7. The zero-order chi connectivity index (χ0) is 17.6. The fourth-order valence-corrected chi connectivity index (χ4v) is 4.04. The molecule has 2 aliphatic rings. The van der Waals surface area contributed by atoms with Gasteiger partial charge in [-0.1, -0.05) is 37.3 Å². The highest BCUT2D eigenvalue weighted by Crippen LogP contribution is 2.27. The third-order valence-corrected chi connectivity index (χ3v) is 5.59. The highest BCUT2D eigenvalue weighted by molar-refractivity contribution is 5.79. The molecule has 5 nitrogen and oxygen atoms in total. The summed E-state index contributed by atoms with van der Waals surface area (Å²) in [5, 5.41) is 6.00. The second-order valence-electron chi connectivity index (χ2n) is 7.36. The molecule has 3 atom stereocenters. The first-order chi connectivity index (χ1) is 12.1. The summed E-state index contributed by atoms with van der Waals surface area (Å²) < 4.78 is 0. The molecule has 0 unspecified atom stereocenters. The third-order valence-electron chi connectivity index (χ3n) is 5.59. The van der Waals surface area contributed by atoms with Crippen LogP contribution in [-0.2, 0) is 4.79 Å². The zero-order valence-electron chi connectivity index (χ0n) is 15.0. The largest absolute Gasteiger partial charge is 0.356 e. The van der Waals surface area contributed by atoms with E-state index >= 15 is 0 Å². The molecular weight excluding hydrogens is 314 g/mol. The van der Waals surface area contributed by atoms with E-state index in [0.717, 1.165) is 32.2 Å². The van der Waals surface area contributed by atoms with Gasteiger partial charge in [-0.15, -0.1) is 0 Å². The van der Waals surface area contributed by atoms with E-state index in [1.807, 2.05) is 11.0 Å². The SMILES string of the molecule is C[C@H](CCNC(=O)N1CCCC[C@@H]1[C@H]1CNC(=O)C1)c1ccccc1. The lowest BCUT2D eigenvalue weighted by Crippen LogP contribution is -2.52. The number of benzene rings is 1. The molecule has 25 heavy (non-hydrogen) atoms. The minimum absolute atomic E-state index is 0.0318. The lowest BCUT2D eigenvalue weighted by Gasteiger charge is -2.38. The summed E-state index contributed by atoms with van der Waals surface area (Å²) in [6.45, 7) is 4.38. The Morgan fingerprint density at radius 2 is 2.12 bits per heavy atom. The molecule has 2 saturated heterocycles. The molecule has 5 heteroatoms. The van der Waals surface area contributed by atoms with Crippen molar-refractivity contribution in [2.24, 2.45) is 5.92 Å². The lowest BCUT2D eigenvalue weighted by molar-refractivity contribution is -0.119. The van der Waals surface area contributed by atoms with E-state index in [-0.39, 0.29) is 23.9 Å². The number of likely N-dealkylation sites (tertiary alicyclic amines) is 1. The van der Waals surface area contributed by atoms with E-state index in [9.17, 15) is 9.59 Å². The Morgan fingerprint density at radius 3 is 2.84 bits per heavy atom. The number of nitrogens with one attached hydrogen (secondary N) is 2. The number of hydrogen-bond donors (Lipinski definition) is 2. The Kier molecular flexibility index (Phi) is 5.95. The van der Waals surface area contributed by atoms with E-state index in [2.05, 4.69) is 41.8 Å². The van der Waals surface area contributed by atoms with Gasteiger partial charge >= 0.3 is 6.03 Å². The van der Waals surface area contributed by atoms with Crippen LogP contribution in [0.4, 0.5) is 4.79 Å². The van der Waals surface area contributed by atoms with Crippen LogP contribution < -0.4 is 10.6 Å². The maximum atomic E-state index is 12.7. The smallest absolute Gasteiger partial charge is 0.317 e. The molecular formula is C20H29N3O2. The van der Waals surface area contributed by atoms with Crippen LogP contribution in [0.2, 0.25) is 0 Å². The number of nitrogens with zero attached hydrogens (tertiary/aromatic N) is 1. The number of piperidine rings is 1. The van der Waals surface area contributed by atoms with Crippen LogP contribution in [-0.4, -0.2) is 42.5 Å². The van der Waals surface area contributed by atoms with Crippen LogP contribution in [0.15, 0.2) is 30.3 Å². The molecule has 0 bridgehead atoms. The molecule has 3 amide bonds. The molecule has 0 saturated carbocycles. The predicted octanol–water partition coefficient (Wildman–Crippen LogP) is 2.88. The van der Waals surface area contributed by atoms with Crippen LogP contribution in [0.25, 0.3) is 0 Å². The first-order valence-electron chi connectivity index (χ1n) is 9.51. The van der Waals surface area contributed by atoms with Crippen molar-refractivity contribution in [3.05, 3.63) is 35.9 Å². The van der Waals surface area contributed by atoms with Gasteiger partial charge in [0.2, 0.25) is 5.91 Å². The van der Waals surface area contributed by atoms with Gasteiger partial charge in [0.25, 0.3) is 0 Å². The maximum Gasteiger partial charge on any atom is 0.317 e. The van der Waals surface area contributed by atoms with E-state index in [0.29, 0.717) is 25.4 Å². The van der Waals surface area contributed by atoms with Crippen molar-refractivity contribution in [1.82, 2.24) is 15.5 Å². The summed E-state index contributed by atoms with van der Waals surface area (Å²) in [6.07, 6.45) is 4.69. The van der Waals surface area contributed by atoms with Crippen molar-refractivity contribution in [2.75, 3.05) is 19.6 Å². The van der Waals surface area contributed by atoms with Gasteiger partial charge in [-0.25, -0.2) is 4.79 Å². The number of carbonyl (C=O) groups is 2. The topological polar surface area (TPSA) is 61.4 Å². The lowest BCUT2D eigenvalue weighted by atomic mass is 9.90. The van der Waals surface area contributed by atoms with Crippen LogP contribution in [0.1, 0.15) is 50.5 Å². The first kappa shape index (κ1) is 17.8. The highest BCUT2D eigenvalue weighted by atomic mass is 16.2. The molecule has 136 valence electrons. The Labute approximate surface area is 150 Å². The number of amides is 3. The van der Waals surface area contributed by atoms with Crippen molar-refractivity contribution in [3.63, 3.8) is 0 Å². The zero-order valence-corrected chi connectivity index (χ0v) is 15.0. The van der Waals surface area contributed by atoms with E-state index in [1.54, 1.807) is 0 Å². The van der Waals surface area contributed by atoms with Crippen molar-refractivity contribution in [2.45, 2.75) is 51.0 Å². The quantitative estimate of drug-likeness (QED) is 0.863. The minimum Gasteiger partial charge on any atom is -0.356 e. The summed E-state index contributed by atoms with van der Waals surface area (Å²) in [7, 11) is 0. The highest BCUT2D eigenvalue weighted by Gasteiger charge is 2.36. The second kappa shape index (κ2) is 8.37. The normalized spacial score (nSPS) is 24.7. The molecule has 0 aromatic heterocycles. The molecule has 0 radical (unpaired) electrons. The standard InChI is InChI=1S/C20H29N3O2/c1-15(16-7-3-2-4-8-16)10-11-21-20(25)23-12-6-5-9-18(23)17-13-19(24)22-14-17/h2-4,7-8,15,17-18H,5-6,9-14H2,1H3,(H,21,25)(H,22,24)/t15-,17-,18-/m1/s1. The van der Waals surface area contributed by atoms with Crippen molar-refractivity contribution in [1.29, 1.82) is 0 Å². The van der Waals surface area contributed by atoms with Gasteiger partial charge in [0.15, 0.2) is 0 Å². The van der Waals surface area contributed by atoms with Crippen LogP contribution in [0.3, 0.4) is 0 Å². The summed E-state index contributed by atoms with van der Waals surface area (Å²) in [5.74, 6) is 0.810. The fraction of sp³-hybridized carbons (Fsp3) is 0.600. The van der Waals surface area contributed by atoms with Gasteiger partial charge in [-0.05, 0) is 37.2 Å². The molecule has 3 rings (SSSR count). The average Bonchev–Trinajstić information content (AvgIpc) is 3.08. The van der Waals surface area contributed by atoms with Gasteiger partial charge in [0, 0.05) is 38.0 Å². The first-order valence-corrected chi connectivity index (χ1v) is 9.51. The molecule has 2 heterocycles. The Morgan fingerprint density at radius 1 is 1.32 bits per heavy atom. The molecule has 0 spiro atoms. The van der Waals surface area contributed by atoms with Crippen molar-refractivity contribution in [3.8, 4) is 0 Å². The number of urea groups is 1. The van der Waals surface area contributed by atoms with Gasteiger partial charge in [0.1, 0.15) is 0 Å². The second-order valence-corrected chi connectivity index (χ2v) is 7.36. The summed E-state index contributed by atoms with van der Waals surface area (Å²) in [5.41, 5.74) is 1.31. The molecule has 0 aliphatic carbocycles. The van der Waals surface area contributed by atoms with Gasteiger partial charge in [-0.3, -0.25) is 4.79 Å². The molecule has 1 aromatic rings. The Bertz CT molecular complexity index is 590. The summed E-state index contributed by atoms with van der Waals surface area (Å²) in [6, 6.07) is 10.6. The van der Waals surface area contributed by atoms with Crippen LogP contribution >= 0.6 is 0 Å². The van der Waals surface area contributed by atoms with Gasteiger partial charge in [-0.2, -0.15) is 0 Å². The Balaban J connectivity index is 1.50. The van der Waals surface area contributed by atoms with E-state index < -0.39 is 0 Å². The monoisotopic (exact) mass is 343 g/mol. The van der Waals surface area contributed by atoms with E-state index in [4.69, 9.17) is 0 Å². The number of hydrogen-bond acceptors (Lipinski definition) is 2. The number of carbonyl (C=O) groups excluding carboxylic acids is 2. The molecule has 1 aromatic carbocycles. The predicted molar refractivity (Wildman–Crippen MR) is 98.3 cm³/mol. The summed E-state index contributed by atoms with van der Waals surface area (Å²) >= 11 is 0. The van der Waals surface area contributed by atoms with Crippen molar-refractivity contribution < 1.29 is 9.59 Å². The van der Waals surface area contributed by atoms with Crippen LogP contribution in [0.5, 0.6) is 0 Å². The van der Waals surface area contributed by atoms with E-state index in [1.165, 1.54) is 5.56 Å². The third kappa shape index (κ3) is 4.53. The summed E-state index contributed by atoms with van der Waals surface area (Å²) in [4.78, 5) is 26.2. The Hall–Kier alpha value is -2.04. The minimum atomic E-state index is 0.0318. The van der Waals surface area contributed by atoms with Crippen LogP contribution in [0, 0.1) is 5.92 Å². The fourth-order valence-electron chi connectivity index (χ4n) is 4.04. The average molecular weight is 343 g/mol. The van der Waals surface area contributed by atoms with Gasteiger partial charge < -0.3 is 15.5 Å². The van der Waals surface area contributed by atoms with Crippen molar-refractivity contribution >= 4 is 11.9 Å². The van der Waals surface area contributed by atoms with Gasteiger partial charge in [0.05, 0.1) is 0 Å². The number of rotatable bonds is 5. The molecule has 2 fully saturated rings. The molecule has 2 N–H and O–H groups in total. The molecule has 2 aliphatic heterocycles.